The van der Waals surface area contributed by atoms with Crippen LogP contribution in [0.5, 0.6) is 0 Å². The van der Waals surface area contributed by atoms with Crippen LogP contribution in [0.4, 0.5) is 17.1 Å². The van der Waals surface area contributed by atoms with Gasteiger partial charge in [-0.05, 0) is 48.0 Å². The Morgan fingerprint density at radius 1 is 0.758 bits per heavy atom. The lowest BCUT2D eigenvalue weighted by atomic mass is 10.1. The van der Waals surface area contributed by atoms with Crippen LogP contribution in [-0.2, 0) is 16.1 Å². The molecule has 0 bridgehead atoms. The Balaban J connectivity index is 1.47. The summed E-state index contributed by atoms with van der Waals surface area (Å²) in [6, 6.07) is 23.6. The highest BCUT2D eigenvalue weighted by atomic mass is 16.2. The summed E-state index contributed by atoms with van der Waals surface area (Å²) in [6.45, 7) is 4.16. The number of amides is 3. The summed E-state index contributed by atoms with van der Waals surface area (Å²) in [5, 5.41) is 11.5. The van der Waals surface area contributed by atoms with Gasteiger partial charge in [0.2, 0.25) is 11.8 Å². The van der Waals surface area contributed by atoms with Crippen LogP contribution in [-0.4, -0.2) is 24.3 Å². The molecule has 3 aromatic carbocycles. The van der Waals surface area contributed by atoms with E-state index in [1.807, 2.05) is 50.2 Å². The first kappa shape index (κ1) is 23.5. The Labute approximate surface area is 193 Å². The molecule has 0 aromatic heterocycles. The van der Waals surface area contributed by atoms with Crippen LogP contribution in [0.15, 0.2) is 78.9 Å². The molecule has 0 atom stereocenters. The highest BCUT2D eigenvalue weighted by Crippen LogP contribution is 2.16. The third kappa shape index (κ3) is 7.50. The summed E-state index contributed by atoms with van der Waals surface area (Å²) < 4.78 is 0. The van der Waals surface area contributed by atoms with Crippen molar-refractivity contribution in [3.05, 3.63) is 90.0 Å². The van der Waals surface area contributed by atoms with E-state index in [9.17, 15) is 14.4 Å². The number of benzene rings is 3. The van der Waals surface area contributed by atoms with Crippen molar-refractivity contribution in [2.75, 3.05) is 22.5 Å². The fraction of sp³-hybridized carbons (Fsp3) is 0.192. The smallest absolute Gasteiger partial charge is 0.251 e. The number of carbonyl (C=O) groups excluding carboxylic acids is 3. The van der Waals surface area contributed by atoms with Crippen LogP contribution in [0.3, 0.4) is 0 Å². The lowest BCUT2D eigenvalue weighted by Gasteiger charge is -2.11. The van der Waals surface area contributed by atoms with Crippen molar-refractivity contribution in [3.63, 3.8) is 0 Å². The fourth-order valence-electron chi connectivity index (χ4n) is 2.97. The molecule has 0 unspecified atom stereocenters. The monoisotopic (exact) mass is 444 g/mol. The Morgan fingerprint density at radius 2 is 1.45 bits per heavy atom. The van der Waals surface area contributed by atoms with Crippen LogP contribution < -0.4 is 21.3 Å². The molecule has 0 saturated heterocycles. The van der Waals surface area contributed by atoms with E-state index in [0.29, 0.717) is 23.5 Å². The average molecular weight is 445 g/mol. The van der Waals surface area contributed by atoms with Crippen molar-refractivity contribution in [2.24, 2.45) is 5.92 Å². The predicted octanol–water partition coefficient (Wildman–Crippen LogP) is 4.26. The molecule has 0 spiro atoms. The predicted molar refractivity (Wildman–Crippen MR) is 131 cm³/mol. The number of hydrogen-bond acceptors (Lipinski definition) is 4. The molecule has 7 nitrogen and oxygen atoms in total. The lowest BCUT2D eigenvalue weighted by Crippen LogP contribution is -2.23. The highest BCUT2D eigenvalue weighted by molar-refractivity contribution is 5.97. The van der Waals surface area contributed by atoms with Gasteiger partial charge in [-0.3, -0.25) is 14.4 Å². The molecule has 0 saturated carbocycles. The molecule has 0 radical (unpaired) electrons. The van der Waals surface area contributed by atoms with E-state index in [4.69, 9.17) is 0 Å². The quantitative estimate of drug-likeness (QED) is 0.396. The third-order valence-corrected chi connectivity index (χ3v) is 4.83. The normalized spacial score (nSPS) is 10.4. The van der Waals surface area contributed by atoms with Gasteiger partial charge in [-0.1, -0.05) is 50.2 Å². The van der Waals surface area contributed by atoms with Crippen molar-refractivity contribution < 1.29 is 14.4 Å². The van der Waals surface area contributed by atoms with Crippen molar-refractivity contribution in [1.29, 1.82) is 0 Å². The van der Waals surface area contributed by atoms with Gasteiger partial charge < -0.3 is 21.3 Å². The minimum absolute atomic E-state index is 0.0564. The molecule has 0 aliphatic heterocycles. The second kappa shape index (κ2) is 11.5. The minimum atomic E-state index is -0.229. The third-order valence-electron chi connectivity index (χ3n) is 4.83. The van der Waals surface area contributed by atoms with Gasteiger partial charge in [-0.25, -0.2) is 0 Å². The van der Waals surface area contributed by atoms with Crippen molar-refractivity contribution in [1.82, 2.24) is 5.32 Å². The number of rotatable bonds is 9. The molecule has 0 aliphatic rings. The second-order valence-corrected chi connectivity index (χ2v) is 7.87. The maximum Gasteiger partial charge on any atom is 0.251 e. The van der Waals surface area contributed by atoms with Crippen molar-refractivity contribution in [2.45, 2.75) is 20.4 Å². The maximum absolute atomic E-state index is 12.3. The molecular weight excluding hydrogens is 416 g/mol. The summed E-state index contributed by atoms with van der Waals surface area (Å²) in [5.74, 6) is -0.591. The Kier molecular flexibility index (Phi) is 8.18. The van der Waals surface area contributed by atoms with Gasteiger partial charge in [-0.15, -0.1) is 0 Å². The SMILES string of the molecule is CC(C)C(=O)Nc1cccc(NCC(=O)Nc2ccc(C(=O)NCc3ccccc3)cc2)c1. The summed E-state index contributed by atoms with van der Waals surface area (Å²) in [7, 11) is 0. The van der Waals surface area contributed by atoms with Crippen molar-refractivity contribution in [3.8, 4) is 0 Å². The molecule has 3 rings (SSSR count). The average Bonchev–Trinajstić information content (AvgIpc) is 2.82. The van der Waals surface area contributed by atoms with Crippen LogP contribution in [0.1, 0.15) is 29.8 Å². The van der Waals surface area contributed by atoms with Gasteiger partial charge in [0.15, 0.2) is 0 Å². The molecule has 170 valence electrons. The number of carbonyl (C=O) groups is 3. The minimum Gasteiger partial charge on any atom is -0.376 e. The Morgan fingerprint density at radius 3 is 2.15 bits per heavy atom. The van der Waals surface area contributed by atoms with Gasteiger partial charge >= 0.3 is 0 Å². The largest absolute Gasteiger partial charge is 0.376 e. The first-order valence-corrected chi connectivity index (χ1v) is 10.8. The van der Waals surface area contributed by atoms with E-state index in [1.54, 1.807) is 42.5 Å². The number of hydrogen-bond donors (Lipinski definition) is 4. The van der Waals surface area contributed by atoms with E-state index in [1.165, 1.54) is 0 Å². The van der Waals surface area contributed by atoms with Crippen LogP contribution in [0.25, 0.3) is 0 Å². The summed E-state index contributed by atoms with van der Waals surface area (Å²) in [4.78, 5) is 36.4. The fourth-order valence-corrected chi connectivity index (χ4v) is 2.97. The number of nitrogens with one attached hydrogen (secondary N) is 4. The first-order valence-electron chi connectivity index (χ1n) is 10.8. The summed E-state index contributed by atoms with van der Waals surface area (Å²) in [6.07, 6.45) is 0. The van der Waals surface area contributed by atoms with Crippen LogP contribution >= 0.6 is 0 Å². The topological polar surface area (TPSA) is 99.3 Å². The first-order chi connectivity index (χ1) is 15.9. The van der Waals surface area contributed by atoms with Gasteiger partial charge in [0.25, 0.3) is 5.91 Å². The van der Waals surface area contributed by atoms with E-state index in [-0.39, 0.29) is 30.2 Å². The van der Waals surface area contributed by atoms with Gasteiger partial charge in [0.1, 0.15) is 0 Å². The lowest BCUT2D eigenvalue weighted by molar-refractivity contribution is -0.119. The summed E-state index contributed by atoms with van der Waals surface area (Å²) >= 11 is 0. The molecule has 7 heteroatoms. The maximum atomic E-state index is 12.3. The zero-order valence-corrected chi connectivity index (χ0v) is 18.7. The standard InChI is InChI=1S/C26H28N4O3/c1-18(2)25(32)30-23-10-6-9-22(15-23)27-17-24(31)29-21-13-11-20(12-14-21)26(33)28-16-19-7-4-3-5-8-19/h3-15,18,27H,16-17H2,1-2H3,(H,28,33)(H,29,31)(H,30,32). The number of anilines is 3. The highest BCUT2D eigenvalue weighted by Gasteiger charge is 2.09. The van der Waals surface area contributed by atoms with Crippen LogP contribution in [0, 0.1) is 5.92 Å². The molecule has 3 amide bonds. The Bertz CT molecular complexity index is 1100. The van der Waals surface area contributed by atoms with Crippen molar-refractivity contribution >= 4 is 34.8 Å². The molecule has 33 heavy (non-hydrogen) atoms. The van der Waals surface area contributed by atoms with Gasteiger partial charge in [-0.2, -0.15) is 0 Å². The van der Waals surface area contributed by atoms with Crippen LogP contribution in [0.2, 0.25) is 0 Å². The van der Waals surface area contributed by atoms with Gasteiger partial charge in [0.05, 0.1) is 6.54 Å². The Hall–Kier alpha value is -4.13. The van der Waals surface area contributed by atoms with Gasteiger partial charge in [0, 0.05) is 35.1 Å². The molecule has 0 heterocycles. The zero-order valence-electron chi connectivity index (χ0n) is 18.7. The second-order valence-electron chi connectivity index (χ2n) is 7.87. The molecule has 0 aliphatic carbocycles. The van der Waals surface area contributed by atoms with E-state index >= 15 is 0 Å². The zero-order chi connectivity index (χ0) is 23.6. The van der Waals surface area contributed by atoms with E-state index < -0.39 is 0 Å². The molecule has 4 N–H and O–H groups in total. The molecule has 3 aromatic rings. The summed E-state index contributed by atoms with van der Waals surface area (Å²) in [5.41, 5.74) is 3.52. The molecular formula is C26H28N4O3. The molecule has 0 fully saturated rings. The van der Waals surface area contributed by atoms with E-state index in [2.05, 4.69) is 21.3 Å². The van der Waals surface area contributed by atoms with E-state index in [0.717, 1.165) is 11.3 Å².